The van der Waals surface area contributed by atoms with Crippen molar-refractivity contribution in [1.82, 2.24) is 20.3 Å². The lowest BCUT2D eigenvalue weighted by atomic mass is 9.77. The fourth-order valence-corrected chi connectivity index (χ4v) is 8.73. The number of hydrogen-bond acceptors (Lipinski definition) is 7. The molecule has 57 heavy (non-hydrogen) atoms. The van der Waals surface area contributed by atoms with Gasteiger partial charge in [-0.25, -0.2) is 24.9 Å². The van der Waals surface area contributed by atoms with Crippen LogP contribution in [0.5, 0.6) is 0 Å². The summed E-state index contributed by atoms with van der Waals surface area (Å²) in [6, 6.07) is 54.1. The molecular weight excluding hydrogens is 717 g/mol. The number of hydrogen-bond donors (Lipinski definition) is 1. The summed E-state index contributed by atoms with van der Waals surface area (Å²) in [5.74, 6) is 3.25. The van der Waals surface area contributed by atoms with Gasteiger partial charge >= 0.3 is 0 Å². The van der Waals surface area contributed by atoms with E-state index >= 15 is 0 Å². The van der Waals surface area contributed by atoms with Crippen molar-refractivity contribution in [2.75, 3.05) is 0 Å². The van der Waals surface area contributed by atoms with Gasteiger partial charge in [-0.1, -0.05) is 184 Å². The molecule has 1 N–H and O–H groups in total. The van der Waals surface area contributed by atoms with Crippen molar-refractivity contribution in [2.24, 2.45) is 9.98 Å². The van der Waals surface area contributed by atoms with Crippen molar-refractivity contribution in [3.8, 4) is 34.2 Å². The maximum absolute atomic E-state index is 5.11. The largest absolute Gasteiger partial charge is 0.344 e. The van der Waals surface area contributed by atoms with Crippen LogP contribution in [0.15, 0.2) is 202 Å². The zero-order chi connectivity index (χ0) is 38.8. The summed E-state index contributed by atoms with van der Waals surface area (Å²) in [6.45, 7) is 8.74. The summed E-state index contributed by atoms with van der Waals surface area (Å²) in [7, 11) is 0. The van der Waals surface area contributed by atoms with Crippen LogP contribution in [0.2, 0.25) is 0 Å². The topological polar surface area (TPSA) is 75.4 Å². The molecule has 0 bridgehead atoms. The average Bonchev–Trinajstić information content (AvgIpc) is 3.27. The summed E-state index contributed by atoms with van der Waals surface area (Å²) in [6.07, 6.45) is 4.47. The average molecular weight is 757 g/mol. The van der Waals surface area contributed by atoms with Crippen LogP contribution in [0.25, 0.3) is 34.2 Å². The Morgan fingerprint density at radius 2 is 1.16 bits per heavy atom. The van der Waals surface area contributed by atoms with Crippen molar-refractivity contribution in [1.29, 1.82) is 0 Å². The second kappa shape index (κ2) is 15.4. The first-order valence-corrected chi connectivity index (χ1v) is 19.9. The van der Waals surface area contributed by atoms with Crippen molar-refractivity contribution < 1.29 is 0 Å². The molecular formula is C50H40N6S. The molecule has 276 valence electrons. The second-order valence-corrected chi connectivity index (χ2v) is 15.7. The number of aromatic nitrogens is 3. The van der Waals surface area contributed by atoms with Gasteiger partial charge < -0.3 is 5.32 Å². The zero-order valence-electron chi connectivity index (χ0n) is 31.8. The molecule has 0 aliphatic carbocycles. The number of nitrogens with zero attached hydrogens (tertiary/aromatic N) is 5. The number of allylic oxidation sites excluding steroid dienone is 1. The van der Waals surface area contributed by atoms with Crippen molar-refractivity contribution >= 4 is 23.4 Å². The molecule has 2 aliphatic rings. The van der Waals surface area contributed by atoms with E-state index in [1.165, 1.54) is 26.5 Å². The van der Waals surface area contributed by atoms with Crippen molar-refractivity contribution in [3.63, 3.8) is 0 Å². The number of nitrogens with one attached hydrogen (secondary N) is 1. The summed E-state index contributed by atoms with van der Waals surface area (Å²) in [5.41, 5.74) is 9.26. The number of aliphatic imine (C=N–C) groups is 2. The highest BCUT2D eigenvalue weighted by Crippen LogP contribution is 2.49. The SMILES string of the molecule is C=C/C(=C\Cc1ccccc1)C1N=C(c2ccccc2)N=C(c2ccc(-c3nc(-c4ccccc4)nc(-c4ccc5c(c4)C(C)(C)c4ccccc4S5)n3)cc2)N1. The molecule has 9 rings (SSSR count). The molecule has 1 unspecified atom stereocenters. The van der Waals surface area contributed by atoms with E-state index in [0.29, 0.717) is 23.3 Å². The molecule has 0 saturated heterocycles. The molecule has 0 amide bonds. The Labute approximate surface area is 338 Å². The number of amidine groups is 2. The van der Waals surface area contributed by atoms with Gasteiger partial charge in [-0.2, -0.15) is 0 Å². The predicted molar refractivity (Wildman–Crippen MR) is 234 cm³/mol. The van der Waals surface area contributed by atoms with Crippen LogP contribution in [0.1, 0.15) is 41.7 Å². The highest BCUT2D eigenvalue weighted by molar-refractivity contribution is 7.99. The van der Waals surface area contributed by atoms with E-state index in [4.69, 9.17) is 24.9 Å². The fourth-order valence-electron chi connectivity index (χ4n) is 7.35. The van der Waals surface area contributed by atoms with Crippen LogP contribution in [-0.4, -0.2) is 32.8 Å². The van der Waals surface area contributed by atoms with Gasteiger partial charge in [-0.05, 0) is 46.9 Å². The standard InChI is InChI=1S/C50H40N6S/c1-4-34(25-24-33-16-8-5-9-17-33)44-51-45(35-18-10-6-11-19-35)53-47(52-44)37-26-28-38(29-27-37)48-54-46(36-20-12-7-13-21-36)55-49(56-48)39-30-31-43-41(32-39)50(2,3)40-22-14-15-23-42(40)57-43/h4-23,25-32,44H,1,24H2,2-3H3,(H,51,52,53)/b34-25+. The maximum atomic E-state index is 5.11. The molecule has 7 aromatic rings. The Morgan fingerprint density at radius 1 is 0.614 bits per heavy atom. The highest BCUT2D eigenvalue weighted by atomic mass is 32.2. The molecule has 3 heterocycles. The van der Waals surface area contributed by atoms with E-state index in [1.54, 1.807) is 0 Å². The lowest BCUT2D eigenvalue weighted by Gasteiger charge is -2.34. The first-order valence-electron chi connectivity index (χ1n) is 19.1. The third-order valence-corrected chi connectivity index (χ3v) is 11.7. The van der Waals surface area contributed by atoms with E-state index in [2.05, 4.69) is 123 Å². The monoisotopic (exact) mass is 756 g/mol. The molecule has 0 saturated carbocycles. The van der Waals surface area contributed by atoms with Gasteiger partial charge in [-0.15, -0.1) is 0 Å². The van der Waals surface area contributed by atoms with Crippen LogP contribution in [0.4, 0.5) is 0 Å². The lowest BCUT2D eigenvalue weighted by Crippen LogP contribution is -2.39. The first kappa shape index (κ1) is 36.0. The molecule has 1 atom stereocenters. The molecule has 0 fully saturated rings. The van der Waals surface area contributed by atoms with Gasteiger partial charge in [0.05, 0.1) is 0 Å². The van der Waals surface area contributed by atoms with Crippen LogP contribution in [0, 0.1) is 0 Å². The fraction of sp³-hybridized carbons (Fsp3) is 0.100. The Balaban J connectivity index is 1.07. The number of benzene rings is 6. The van der Waals surface area contributed by atoms with Gasteiger partial charge in [-0.3, -0.25) is 0 Å². The molecule has 0 spiro atoms. The van der Waals surface area contributed by atoms with Gasteiger partial charge in [0, 0.05) is 43.0 Å². The van der Waals surface area contributed by atoms with Crippen LogP contribution in [0.3, 0.4) is 0 Å². The third-order valence-electron chi connectivity index (χ3n) is 10.5. The molecule has 0 radical (unpaired) electrons. The number of rotatable bonds is 9. The molecule has 6 nitrogen and oxygen atoms in total. The number of fused-ring (bicyclic) bond motifs is 2. The Kier molecular flexibility index (Phi) is 9.74. The Bertz CT molecular complexity index is 2680. The summed E-state index contributed by atoms with van der Waals surface area (Å²) in [4.78, 5) is 27.8. The van der Waals surface area contributed by atoms with Crippen molar-refractivity contribution in [3.05, 3.63) is 210 Å². The van der Waals surface area contributed by atoms with E-state index in [1.807, 2.05) is 84.6 Å². The summed E-state index contributed by atoms with van der Waals surface area (Å²) < 4.78 is 0. The van der Waals surface area contributed by atoms with Crippen LogP contribution >= 0.6 is 11.8 Å². The first-order chi connectivity index (χ1) is 27.9. The lowest BCUT2D eigenvalue weighted by molar-refractivity contribution is 0.607. The third kappa shape index (κ3) is 7.37. The zero-order valence-corrected chi connectivity index (χ0v) is 32.6. The van der Waals surface area contributed by atoms with E-state index in [9.17, 15) is 0 Å². The Morgan fingerprint density at radius 3 is 1.84 bits per heavy atom. The van der Waals surface area contributed by atoms with Gasteiger partial charge in [0.15, 0.2) is 23.3 Å². The molecule has 1 aromatic heterocycles. The second-order valence-electron chi connectivity index (χ2n) is 14.6. The molecule has 6 aromatic carbocycles. The smallest absolute Gasteiger partial charge is 0.164 e. The minimum Gasteiger partial charge on any atom is -0.344 e. The van der Waals surface area contributed by atoms with E-state index in [-0.39, 0.29) is 11.6 Å². The van der Waals surface area contributed by atoms with Crippen LogP contribution < -0.4 is 5.32 Å². The maximum Gasteiger partial charge on any atom is 0.164 e. The minimum absolute atomic E-state index is 0.175. The van der Waals surface area contributed by atoms with E-state index in [0.717, 1.165) is 45.6 Å². The van der Waals surface area contributed by atoms with Crippen LogP contribution in [-0.2, 0) is 11.8 Å². The normalized spacial score (nSPS) is 15.7. The Hall–Kier alpha value is -6.70. The van der Waals surface area contributed by atoms with Gasteiger partial charge in [0.25, 0.3) is 0 Å². The predicted octanol–water partition coefficient (Wildman–Crippen LogP) is 11.1. The quantitative estimate of drug-likeness (QED) is 0.148. The summed E-state index contributed by atoms with van der Waals surface area (Å²) in [5, 5.41) is 3.59. The van der Waals surface area contributed by atoms with Gasteiger partial charge in [0.2, 0.25) is 0 Å². The molecule has 7 heteroatoms. The summed E-state index contributed by atoms with van der Waals surface area (Å²) >= 11 is 1.82. The molecule has 2 aliphatic heterocycles. The minimum atomic E-state index is -0.360. The van der Waals surface area contributed by atoms with Crippen molar-refractivity contribution in [2.45, 2.75) is 41.6 Å². The van der Waals surface area contributed by atoms with Gasteiger partial charge in [0.1, 0.15) is 12.0 Å². The highest BCUT2D eigenvalue weighted by Gasteiger charge is 2.33. The van der Waals surface area contributed by atoms with E-state index < -0.39 is 0 Å².